The van der Waals surface area contributed by atoms with E-state index in [1.165, 1.54) is 24.3 Å². The molecular weight excluding hydrogens is 399 g/mol. The van der Waals surface area contributed by atoms with Crippen molar-refractivity contribution in [2.75, 3.05) is 0 Å². The maximum absolute atomic E-state index is 14.2. The molecule has 2 aromatic carbocycles. The van der Waals surface area contributed by atoms with Gasteiger partial charge < -0.3 is 13.9 Å². The summed E-state index contributed by atoms with van der Waals surface area (Å²) in [6, 6.07) is 5.20. The van der Waals surface area contributed by atoms with Crippen LogP contribution in [0.15, 0.2) is 24.3 Å². The van der Waals surface area contributed by atoms with Gasteiger partial charge in [-0.05, 0) is 39.3 Å². The standard InChI is InChI=1S/C19H18F5O3Si/c1-9(2)25-19(27-28,26-10(3)4)12-7-5-6-11(8-12)13-14(20)16(22)18(24)17(23)15(13)21/h5-10H,1-4H3. The molecule has 28 heavy (non-hydrogen) atoms. The zero-order chi connectivity index (χ0) is 21.2. The Labute approximate surface area is 163 Å². The van der Waals surface area contributed by atoms with Crippen molar-refractivity contribution < 1.29 is 35.9 Å². The van der Waals surface area contributed by atoms with Crippen LogP contribution in [0.4, 0.5) is 22.0 Å². The molecule has 151 valence electrons. The first-order valence-corrected chi connectivity index (χ1v) is 8.77. The SMILES string of the molecule is CC(C)OC(O[Si])(OC(C)C)c1cccc(-c2c(F)c(F)c(F)c(F)c2F)c1. The normalized spacial score (nSPS) is 12.3. The van der Waals surface area contributed by atoms with Gasteiger partial charge in [0.15, 0.2) is 23.3 Å². The molecule has 9 heteroatoms. The van der Waals surface area contributed by atoms with Crippen LogP contribution >= 0.6 is 0 Å². The predicted octanol–water partition coefficient (Wildman–Crippen LogP) is 5.11. The van der Waals surface area contributed by atoms with Crippen LogP contribution in [0.5, 0.6) is 0 Å². The molecule has 2 rings (SSSR count). The Morgan fingerprint density at radius 3 is 1.68 bits per heavy atom. The molecule has 0 aromatic heterocycles. The third-order valence-electron chi connectivity index (χ3n) is 3.63. The van der Waals surface area contributed by atoms with E-state index >= 15 is 0 Å². The van der Waals surface area contributed by atoms with Crippen molar-refractivity contribution >= 4 is 10.5 Å². The topological polar surface area (TPSA) is 27.7 Å². The highest BCUT2D eigenvalue weighted by Gasteiger charge is 2.38. The quantitative estimate of drug-likeness (QED) is 0.206. The van der Waals surface area contributed by atoms with Crippen LogP contribution in [-0.4, -0.2) is 22.7 Å². The van der Waals surface area contributed by atoms with Gasteiger partial charge in [0.05, 0.1) is 17.8 Å². The Bertz CT molecular complexity index is 819. The van der Waals surface area contributed by atoms with Crippen molar-refractivity contribution in [3.8, 4) is 11.1 Å². The number of hydrogen-bond acceptors (Lipinski definition) is 3. The van der Waals surface area contributed by atoms with Gasteiger partial charge in [0.2, 0.25) is 5.82 Å². The Morgan fingerprint density at radius 2 is 1.25 bits per heavy atom. The van der Waals surface area contributed by atoms with Crippen molar-refractivity contribution in [2.45, 2.75) is 45.9 Å². The molecule has 3 nitrogen and oxygen atoms in total. The molecule has 0 bridgehead atoms. The molecule has 0 atom stereocenters. The second-order valence-corrected chi connectivity index (χ2v) is 6.72. The minimum absolute atomic E-state index is 0.145. The molecule has 0 spiro atoms. The van der Waals surface area contributed by atoms with Gasteiger partial charge in [0.25, 0.3) is 10.5 Å². The summed E-state index contributed by atoms with van der Waals surface area (Å²) < 4.78 is 85.6. The lowest BCUT2D eigenvalue weighted by atomic mass is 10.00. The van der Waals surface area contributed by atoms with E-state index < -0.39 is 52.8 Å². The molecule has 0 saturated heterocycles. The van der Waals surface area contributed by atoms with Crippen molar-refractivity contribution in [1.29, 1.82) is 0 Å². The van der Waals surface area contributed by atoms with Gasteiger partial charge in [-0.15, -0.1) is 0 Å². The molecule has 0 amide bonds. The van der Waals surface area contributed by atoms with Crippen molar-refractivity contribution in [3.05, 3.63) is 58.9 Å². The van der Waals surface area contributed by atoms with Crippen LogP contribution in [0.1, 0.15) is 33.3 Å². The fourth-order valence-electron chi connectivity index (χ4n) is 2.62. The fourth-order valence-corrected chi connectivity index (χ4v) is 2.83. The van der Waals surface area contributed by atoms with Gasteiger partial charge in [0, 0.05) is 5.56 Å². The monoisotopic (exact) mass is 417 g/mol. The zero-order valence-electron chi connectivity index (χ0n) is 15.6. The Morgan fingerprint density at radius 1 is 0.786 bits per heavy atom. The number of hydrogen-bond donors (Lipinski definition) is 0. The van der Waals surface area contributed by atoms with Gasteiger partial charge >= 0.3 is 5.97 Å². The average molecular weight is 417 g/mol. The van der Waals surface area contributed by atoms with Gasteiger partial charge in [0.1, 0.15) is 0 Å². The van der Waals surface area contributed by atoms with E-state index in [2.05, 4.69) is 10.5 Å². The number of rotatable bonds is 7. The van der Waals surface area contributed by atoms with E-state index in [-0.39, 0.29) is 11.1 Å². The Hall–Kier alpha value is -1.81. The van der Waals surface area contributed by atoms with Crippen molar-refractivity contribution in [2.24, 2.45) is 0 Å². The molecule has 0 N–H and O–H groups in total. The summed E-state index contributed by atoms with van der Waals surface area (Å²) in [6.45, 7) is 6.82. The van der Waals surface area contributed by atoms with Gasteiger partial charge in [-0.1, -0.05) is 18.2 Å². The lowest BCUT2D eigenvalue weighted by molar-refractivity contribution is -0.378. The molecule has 0 aliphatic heterocycles. The molecule has 0 aliphatic carbocycles. The summed E-state index contributed by atoms with van der Waals surface area (Å²) in [6.07, 6.45) is -0.791. The van der Waals surface area contributed by atoms with E-state index in [1.54, 1.807) is 27.7 Å². The van der Waals surface area contributed by atoms with E-state index in [4.69, 9.17) is 13.9 Å². The number of ether oxygens (including phenoxy) is 2. The van der Waals surface area contributed by atoms with Crippen LogP contribution in [0.25, 0.3) is 11.1 Å². The number of benzene rings is 2. The first kappa shape index (κ1) is 22.5. The van der Waals surface area contributed by atoms with Gasteiger partial charge in [-0.2, -0.15) is 0 Å². The summed E-state index contributed by atoms with van der Waals surface area (Å²) >= 11 is 0. The predicted molar refractivity (Wildman–Crippen MR) is 92.6 cm³/mol. The van der Waals surface area contributed by atoms with Crippen LogP contribution in [-0.2, 0) is 19.9 Å². The molecule has 0 unspecified atom stereocenters. The summed E-state index contributed by atoms with van der Waals surface area (Å²) in [5.41, 5.74) is -1.18. The highest BCUT2D eigenvalue weighted by molar-refractivity contribution is 5.98. The minimum atomic E-state index is -2.22. The van der Waals surface area contributed by atoms with Crippen LogP contribution in [0.3, 0.4) is 0 Å². The largest absolute Gasteiger partial charge is 0.367 e. The molecule has 0 fully saturated rings. The second-order valence-electron chi connectivity index (χ2n) is 6.52. The smallest absolute Gasteiger partial charge is 0.302 e. The third-order valence-corrected chi connectivity index (χ3v) is 3.90. The van der Waals surface area contributed by atoms with Crippen LogP contribution < -0.4 is 0 Å². The lowest BCUT2D eigenvalue weighted by Crippen LogP contribution is -2.40. The first-order valence-electron chi connectivity index (χ1n) is 8.36. The van der Waals surface area contributed by atoms with E-state index in [9.17, 15) is 22.0 Å². The first-order chi connectivity index (χ1) is 13.0. The minimum Gasteiger partial charge on any atom is -0.367 e. The van der Waals surface area contributed by atoms with Gasteiger partial charge in [-0.25, -0.2) is 22.0 Å². The molecular formula is C19H18F5O3Si. The van der Waals surface area contributed by atoms with E-state index in [1.807, 2.05) is 0 Å². The highest BCUT2D eigenvalue weighted by Crippen LogP contribution is 2.36. The van der Waals surface area contributed by atoms with Crippen LogP contribution in [0.2, 0.25) is 0 Å². The number of halogens is 5. The van der Waals surface area contributed by atoms with Gasteiger partial charge in [-0.3, -0.25) is 0 Å². The van der Waals surface area contributed by atoms with E-state index in [0.29, 0.717) is 0 Å². The summed E-state index contributed by atoms with van der Waals surface area (Å²) in [7, 11) is 2.90. The summed E-state index contributed by atoms with van der Waals surface area (Å²) in [5, 5.41) is 0. The average Bonchev–Trinajstić information content (AvgIpc) is 2.64. The zero-order valence-corrected chi connectivity index (χ0v) is 16.6. The van der Waals surface area contributed by atoms with Crippen molar-refractivity contribution in [3.63, 3.8) is 0 Å². The van der Waals surface area contributed by atoms with E-state index in [0.717, 1.165) is 0 Å². The summed E-state index contributed by atoms with van der Waals surface area (Å²) in [4.78, 5) is 0. The molecule has 2 aromatic rings. The molecule has 3 radical (unpaired) electrons. The highest BCUT2D eigenvalue weighted by atomic mass is 28.2. The third kappa shape index (κ3) is 4.27. The fraction of sp³-hybridized carbons (Fsp3) is 0.368. The molecule has 0 heterocycles. The Balaban J connectivity index is 2.69. The maximum Gasteiger partial charge on any atom is 0.302 e. The maximum atomic E-state index is 14.2. The van der Waals surface area contributed by atoms with Crippen LogP contribution in [0, 0.1) is 29.1 Å². The lowest BCUT2D eigenvalue weighted by Gasteiger charge is -2.36. The van der Waals surface area contributed by atoms with Crippen molar-refractivity contribution in [1.82, 2.24) is 0 Å². The summed E-state index contributed by atoms with van der Waals surface area (Å²) in [5.74, 6) is -12.0. The second kappa shape index (κ2) is 8.69. The Kier molecular flexibility index (Phi) is 6.97. The molecule has 0 saturated carbocycles. The molecule has 0 aliphatic rings.